The summed E-state index contributed by atoms with van der Waals surface area (Å²) in [4.78, 5) is 25.0. The highest BCUT2D eigenvalue weighted by Gasteiger charge is 2.26. The molecule has 1 aliphatic carbocycles. The van der Waals surface area contributed by atoms with Crippen LogP contribution in [0.3, 0.4) is 0 Å². The Morgan fingerprint density at radius 2 is 1.83 bits per heavy atom. The Balaban J connectivity index is 1.30. The van der Waals surface area contributed by atoms with Gasteiger partial charge in [-0.3, -0.25) is 4.79 Å². The third-order valence-corrected chi connectivity index (χ3v) is 5.92. The number of hydrogen-bond donors (Lipinski definition) is 1. The Morgan fingerprint density at radius 1 is 1.10 bits per heavy atom. The molecule has 1 saturated heterocycles. The van der Waals surface area contributed by atoms with Crippen molar-refractivity contribution in [1.29, 1.82) is 0 Å². The molecule has 1 aromatic carbocycles. The number of aryl methyl sites for hydroxylation is 1. The lowest BCUT2D eigenvalue weighted by atomic mass is 10.2. The lowest BCUT2D eigenvalue weighted by Crippen LogP contribution is -2.48. The first-order chi connectivity index (χ1) is 14.1. The predicted octanol–water partition coefficient (Wildman–Crippen LogP) is 3.49. The van der Waals surface area contributed by atoms with Gasteiger partial charge in [0.25, 0.3) is 0 Å². The molecule has 0 bridgehead atoms. The first-order valence-electron chi connectivity index (χ1n) is 10.3. The summed E-state index contributed by atoms with van der Waals surface area (Å²) in [5.74, 6) is 0.782. The van der Waals surface area contributed by atoms with Gasteiger partial charge in [0.1, 0.15) is 5.65 Å². The van der Waals surface area contributed by atoms with Crippen LogP contribution in [0.25, 0.3) is 11.0 Å². The molecule has 29 heavy (non-hydrogen) atoms. The predicted molar refractivity (Wildman–Crippen MR) is 115 cm³/mol. The normalized spacial score (nSPS) is 17.0. The van der Waals surface area contributed by atoms with Crippen LogP contribution in [0.5, 0.6) is 0 Å². The molecule has 2 aliphatic rings. The van der Waals surface area contributed by atoms with Crippen molar-refractivity contribution in [2.75, 3.05) is 36.4 Å². The van der Waals surface area contributed by atoms with Gasteiger partial charge in [-0.25, -0.2) is 4.98 Å². The van der Waals surface area contributed by atoms with E-state index in [9.17, 15) is 4.79 Å². The van der Waals surface area contributed by atoms with E-state index in [1.807, 2.05) is 11.1 Å². The topological polar surface area (TPSA) is 66.3 Å². The second kappa shape index (κ2) is 7.06. The molecule has 5 rings (SSSR count). The van der Waals surface area contributed by atoms with Crippen molar-refractivity contribution >= 4 is 34.3 Å². The summed E-state index contributed by atoms with van der Waals surface area (Å²) in [5.41, 5.74) is 4.39. The van der Waals surface area contributed by atoms with Gasteiger partial charge >= 0.3 is 0 Å². The smallest absolute Gasteiger partial charge is 0.229 e. The average molecular weight is 390 g/mol. The number of rotatable bonds is 4. The van der Waals surface area contributed by atoms with E-state index in [-0.39, 0.29) is 5.91 Å². The van der Waals surface area contributed by atoms with Gasteiger partial charge < -0.3 is 19.7 Å². The second-order valence-corrected chi connectivity index (χ2v) is 8.05. The third-order valence-electron chi connectivity index (χ3n) is 5.92. The summed E-state index contributed by atoms with van der Waals surface area (Å²) in [6.07, 6.45) is 6.58. The summed E-state index contributed by atoms with van der Waals surface area (Å²) < 4.78 is 2.29. The van der Waals surface area contributed by atoms with Crippen LogP contribution in [0.15, 0.2) is 36.7 Å². The van der Waals surface area contributed by atoms with Crippen LogP contribution in [0.2, 0.25) is 0 Å². The van der Waals surface area contributed by atoms with Gasteiger partial charge in [0.2, 0.25) is 11.9 Å². The van der Waals surface area contributed by atoms with E-state index >= 15 is 0 Å². The standard InChI is InChI=1S/C22H26N6O/c1-15-14-28(19-7-8-19)21-20(15)13-23-22(25-21)24-17-3-5-18(6-4-17)27-11-9-26(10-12-27)16(2)29/h3-6,13-14,19H,7-12H2,1-2H3,(H,23,24,25). The van der Waals surface area contributed by atoms with Gasteiger partial charge in [0.05, 0.1) is 0 Å². The molecule has 7 nitrogen and oxygen atoms in total. The van der Waals surface area contributed by atoms with Crippen LogP contribution in [-0.2, 0) is 4.79 Å². The number of hydrogen-bond acceptors (Lipinski definition) is 5. The number of aromatic nitrogens is 3. The fourth-order valence-electron chi connectivity index (χ4n) is 4.04. The number of carbonyl (C=O) groups excluding carboxylic acids is 1. The highest BCUT2D eigenvalue weighted by molar-refractivity contribution is 5.81. The Bertz CT molecular complexity index is 1050. The average Bonchev–Trinajstić information content (AvgIpc) is 3.53. The number of anilines is 3. The van der Waals surface area contributed by atoms with Crippen LogP contribution in [0.1, 0.15) is 31.4 Å². The van der Waals surface area contributed by atoms with Gasteiger partial charge in [0, 0.05) is 68.3 Å². The van der Waals surface area contributed by atoms with E-state index in [1.54, 1.807) is 6.92 Å². The molecule has 7 heteroatoms. The molecule has 0 spiro atoms. The Morgan fingerprint density at radius 3 is 2.48 bits per heavy atom. The molecule has 2 aromatic heterocycles. The number of carbonyl (C=O) groups is 1. The van der Waals surface area contributed by atoms with Crippen LogP contribution in [0.4, 0.5) is 17.3 Å². The van der Waals surface area contributed by atoms with Gasteiger partial charge in [-0.05, 0) is 49.6 Å². The monoisotopic (exact) mass is 390 g/mol. The zero-order chi connectivity index (χ0) is 20.0. The molecule has 0 unspecified atom stereocenters. The van der Waals surface area contributed by atoms with Crippen LogP contribution < -0.4 is 10.2 Å². The summed E-state index contributed by atoms with van der Waals surface area (Å²) in [5, 5.41) is 4.46. The summed E-state index contributed by atoms with van der Waals surface area (Å²) >= 11 is 0. The molecule has 2 fully saturated rings. The zero-order valence-electron chi connectivity index (χ0n) is 16.9. The molecule has 1 amide bonds. The summed E-state index contributed by atoms with van der Waals surface area (Å²) in [7, 11) is 0. The molecule has 1 aliphatic heterocycles. The largest absolute Gasteiger partial charge is 0.368 e. The van der Waals surface area contributed by atoms with Crippen molar-refractivity contribution in [2.24, 2.45) is 0 Å². The Kier molecular flexibility index (Phi) is 4.38. The van der Waals surface area contributed by atoms with E-state index in [0.29, 0.717) is 12.0 Å². The fourth-order valence-corrected chi connectivity index (χ4v) is 4.04. The highest BCUT2D eigenvalue weighted by atomic mass is 16.2. The van der Waals surface area contributed by atoms with Gasteiger partial charge in [-0.1, -0.05) is 0 Å². The van der Waals surface area contributed by atoms with Crippen molar-refractivity contribution in [2.45, 2.75) is 32.7 Å². The SMILES string of the molecule is CC(=O)N1CCN(c2ccc(Nc3ncc4c(C)cn(C5CC5)c4n3)cc2)CC1. The number of amides is 1. The molecule has 1 N–H and O–H groups in total. The first kappa shape index (κ1) is 18.0. The lowest BCUT2D eigenvalue weighted by molar-refractivity contribution is -0.129. The molecular weight excluding hydrogens is 364 g/mol. The maximum Gasteiger partial charge on any atom is 0.229 e. The van der Waals surface area contributed by atoms with E-state index in [0.717, 1.165) is 42.9 Å². The van der Waals surface area contributed by atoms with Crippen LogP contribution in [0, 0.1) is 6.92 Å². The minimum atomic E-state index is 0.157. The third kappa shape index (κ3) is 3.52. The van der Waals surface area contributed by atoms with Gasteiger partial charge in [-0.15, -0.1) is 0 Å². The number of fused-ring (bicyclic) bond motifs is 1. The number of nitrogens with zero attached hydrogens (tertiary/aromatic N) is 5. The lowest BCUT2D eigenvalue weighted by Gasteiger charge is -2.35. The first-order valence-corrected chi connectivity index (χ1v) is 10.3. The number of benzene rings is 1. The fraction of sp³-hybridized carbons (Fsp3) is 0.409. The molecule has 1 saturated carbocycles. The molecule has 3 aromatic rings. The Hall–Kier alpha value is -3.09. The molecule has 0 atom stereocenters. The van der Waals surface area contributed by atoms with E-state index in [1.165, 1.54) is 24.1 Å². The number of piperazine rings is 1. The van der Waals surface area contributed by atoms with Crippen molar-refractivity contribution in [3.63, 3.8) is 0 Å². The van der Waals surface area contributed by atoms with Crippen molar-refractivity contribution in [3.05, 3.63) is 42.2 Å². The molecule has 150 valence electrons. The minimum absolute atomic E-state index is 0.157. The van der Waals surface area contributed by atoms with E-state index in [4.69, 9.17) is 4.98 Å². The van der Waals surface area contributed by atoms with Gasteiger partial charge in [-0.2, -0.15) is 4.98 Å². The number of nitrogens with one attached hydrogen (secondary N) is 1. The summed E-state index contributed by atoms with van der Waals surface area (Å²) in [6, 6.07) is 8.94. The summed E-state index contributed by atoms with van der Waals surface area (Å²) in [6.45, 7) is 7.05. The van der Waals surface area contributed by atoms with Crippen molar-refractivity contribution in [3.8, 4) is 0 Å². The maximum absolute atomic E-state index is 11.5. The maximum atomic E-state index is 11.5. The quantitative estimate of drug-likeness (QED) is 0.739. The van der Waals surface area contributed by atoms with Crippen LogP contribution >= 0.6 is 0 Å². The Labute approximate surface area is 170 Å². The van der Waals surface area contributed by atoms with Crippen molar-refractivity contribution < 1.29 is 4.79 Å². The van der Waals surface area contributed by atoms with Gasteiger partial charge in [0.15, 0.2) is 0 Å². The zero-order valence-corrected chi connectivity index (χ0v) is 16.9. The van der Waals surface area contributed by atoms with Crippen molar-refractivity contribution in [1.82, 2.24) is 19.4 Å². The van der Waals surface area contributed by atoms with Crippen LogP contribution in [-0.4, -0.2) is 51.5 Å². The highest BCUT2D eigenvalue weighted by Crippen LogP contribution is 2.38. The van der Waals surface area contributed by atoms with E-state index in [2.05, 4.69) is 57.2 Å². The van der Waals surface area contributed by atoms with E-state index < -0.39 is 0 Å². The molecule has 3 heterocycles. The second-order valence-electron chi connectivity index (χ2n) is 8.05. The minimum Gasteiger partial charge on any atom is -0.368 e. The molecule has 0 radical (unpaired) electrons. The molecular formula is C22H26N6O.